The third kappa shape index (κ3) is 5.55. The second-order valence-corrected chi connectivity index (χ2v) is 6.65. The number of amides is 2. The van der Waals surface area contributed by atoms with Crippen molar-refractivity contribution in [1.29, 1.82) is 0 Å². The van der Waals surface area contributed by atoms with Crippen molar-refractivity contribution in [2.75, 3.05) is 16.4 Å². The summed E-state index contributed by atoms with van der Waals surface area (Å²) in [4.78, 5) is 23.9. The molecule has 2 amide bonds. The van der Waals surface area contributed by atoms with Crippen molar-refractivity contribution in [3.8, 4) is 0 Å². The fraction of sp³-hybridized carbons (Fsp3) is 0.0526. The number of nitrogens with one attached hydrogen (secondary N) is 2. The first-order chi connectivity index (χ1) is 13.9. The van der Waals surface area contributed by atoms with Crippen molar-refractivity contribution in [2.24, 2.45) is 0 Å². The van der Waals surface area contributed by atoms with Crippen molar-refractivity contribution in [2.45, 2.75) is 5.03 Å². The predicted molar refractivity (Wildman–Crippen MR) is 102 cm³/mol. The molecule has 0 spiro atoms. The second-order valence-electron chi connectivity index (χ2n) is 5.65. The molecule has 0 unspecified atom stereocenters. The van der Waals surface area contributed by atoms with E-state index in [1.807, 2.05) is 0 Å². The summed E-state index contributed by atoms with van der Waals surface area (Å²) in [6, 6.07) is 11.3. The maximum absolute atomic E-state index is 13.6. The third-order valence-corrected chi connectivity index (χ3v) is 4.48. The largest absolute Gasteiger partial charge is 0.323 e. The van der Waals surface area contributed by atoms with E-state index in [1.54, 1.807) is 0 Å². The number of aromatic nitrogens is 2. The Kier molecular flexibility index (Phi) is 6.45. The summed E-state index contributed by atoms with van der Waals surface area (Å²) in [6.45, 7) is 0. The molecule has 6 nitrogen and oxygen atoms in total. The van der Waals surface area contributed by atoms with Crippen molar-refractivity contribution >= 4 is 35.1 Å². The lowest BCUT2D eigenvalue weighted by atomic mass is 10.2. The van der Waals surface area contributed by atoms with Gasteiger partial charge in [-0.2, -0.15) is 0 Å². The average molecular weight is 418 g/mol. The molecular weight excluding hydrogens is 405 g/mol. The highest BCUT2D eigenvalue weighted by Crippen LogP contribution is 2.19. The molecule has 0 atom stereocenters. The van der Waals surface area contributed by atoms with Gasteiger partial charge in [0.05, 0.1) is 17.0 Å². The molecule has 1 heterocycles. The Balaban J connectivity index is 1.53. The van der Waals surface area contributed by atoms with E-state index < -0.39 is 29.3 Å². The SMILES string of the molecule is O=C(CSc1ccc(NC(=O)c2ccccc2F)nn1)Nc1ccc(F)cc1F. The number of hydrogen-bond acceptors (Lipinski definition) is 5. The highest BCUT2D eigenvalue weighted by molar-refractivity contribution is 7.99. The van der Waals surface area contributed by atoms with Gasteiger partial charge in [-0.25, -0.2) is 13.2 Å². The Morgan fingerprint density at radius 2 is 1.69 bits per heavy atom. The van der Waals surface area contributed by atoms with Gasteiger partial charge in [0.25, 0.3) is 5.91 Å². The van der Waals surface area contributed by atoms with Gasteiger partial charge in [-0.1, -0.05) is 23.9 Å². The van der Waals surface area contributed by atoms with E-state index in [-0.39, 0.29) is 22.8 Å². The van der Waals surface area contributed by atoms with Crippen LogP contribution in [0.4, 0.5) is 24.7 Å². The Bertz CT molecular complexity index is 1050. The van der Waals surface area contributed by atoms with Crippen LogP contribution in [-0.2, 0) is 4.79 Å². The van der Waals surface area contributed by atoms with Crippen LogP contribution >= 0.6 is 11.8 Å². The monoisotopic (exact) mass is 418 g/mol. The molecule has 3 aromatic rings. The van der Waals surface area contributed by atoms with Crippen LogP contribution < -0.4 is 10.6 Å². The molecule has 0 saturated carbocycles. The van der Waals surface area contributed by atoms with Gasteiger partial charge in [0.15, 0.2) is 5.82 Å². The van der Waals surface area contributed by atoms with E-state index in [4.69, 9.17) is 0 Å². The summed E-state index contributed by atoms with van der Waals surface area (Å²) in [6.07, 6.45) is 0. The quantitative estimate of drug-likeness (QED) is 0.594. The van der Waals surface area contributed by atoms with Crippen LogP contribution in [0, 0.1) is 17.5 Å². The zero-order chi connectivity index (χ0) is 20.8. The van der Waals surface area contributed by atoms with Crippen LogP contribution in [0.25, 0.3) is 0 Å². The molecule has 0 saturated heterocycles. The minimum absolute atomic E-state index is 0.0908. The Morgan fingerprint density at radius 3 is 2.38 bits per heavy atom. The van der Waals surface area contributed by atoms with Crippen molar-refractivity contribution in [3.05, 3.63) is 77.6 Å². The van der Waals surface area contributed by atoms with Crippen LogP contribution in [-0.4, -0.2) is 27.8 Å². The van der Waals surface area contributed by atoms with Crippen LogP contribution in [0.3, 0.4) is 0 Å². The van der Waals surface area contributed by atoms with E-state index in [0.717, 1.165) is 23.9 Å². The normalized spacial score (nSPS) is 10.4. The molecule has 0 bridgehead atoms. The van der Waals surface area contributed by atoms with E-state index in [9.17, 15) is 22.8 Å². The third-order valence-electron chi connectivity index (χ3n) is 3.56. The standard InChI is InChI=1S/C19H13F3N4O2S/c20-11-5-6-15(14(22)9-11)23-17(27)10-29-18-8-7-16(25-26-18)24-19(28)12-3-1-2-4-13(12)21/h1-9H,10H2,(H,23,27)(H,24,25,28). The maximum Gasteiger partial charge on any atom is 0.259 e. The fourth-order valence-corrected chi connectivity index (χ4v) is 2.82. The number of carbonyl (C=O) groups excluding carboxylic acids is 2. The Morgan fingerprint density at radius 1 is 0.897 bits per heavy atom. The molecule has 0 aliphatic rings. The molecule has 2 aromatic carbocycles. The number of carbonyl (C=O) groups is 2. The fourth-order valence-electron chi connectivity index (χ4n) is 2.21. The molecule has 3 rings (SSSR count). The van der Waals surface area contributed by atoms with Crippen LogP contribution in [0.15, 0.2) is 59.6 Å². The van der Waals surface area contributed by atoms with Crippen molar-refractivity contribution in [1.82, 2.24) is 10.2 Å². The number of halogens is 3. The van der Waals surface area contributed by atoms with Crippen LogP contribution in [0.1, 0.15) is 10.4 Å². The smallest absolute Gasteiger partial charge is 0.259 e. The lowest BCUT2D eigenvalue weighted by Gasteiger charge is -2.07. The van der Waals surface area contributed by atoms with Gasteiger partial charge >= 0.3 is 0 Å². The molecule has 0 radical (unpaired) electrons. The molecule has 1 aromatic heterocycles. The number of hydrogen-bond donors (Lipinski definition) is 2. The molecule has 0 aliphatic heterocycles. The van der Waals surface area contributed by atoms with Gasteiger partial charge in [0, 0.05) is 6.07 Å². The number of nitrogens with zero attached hydrogens (tertiary/aromatic N) is 2. The Hall–Kier alpha value is -3.40. The van der Waals surface area contributed by atoms with Gasteiger partial charge in [0.1, 0.15) is 22.5 Å². The van der Waals surface area contributed by atoms with Gasteiger partial charge in [0.2, 0.25) is 5.91 Å². The molecule has 10 heteroatoms. The van der Waals surface area contributed by atoms with Gasteiger partial charge < -0.3 is 10.6 Å². The van der Waals surface area contributed by atoms with E-state index in [1.165, 1.54) is 36.4 Å². The molecule has 2 N–H and O–H groups in total. The van der Waals surface area contributed by atoms with Crippen molar-refractivity contribution < 1.29 is 22.8 Å². The average Bonchev–Trinajstić information content (AvgIpc) is 2.70. The molecule has 0 aliphatic carbocycles. The van der Waals surface area contributed by atoms with Gasteiger partial charge in [-0.15, -0.1) is 10.2 Å². The molecular formula is C19H13F3N4O2S. The summed E-state index contributed by atoms with van der Waals surface area (Å²) >= 11 is 1.03. The zero-order valence-electron chi connectivity index (χ0n) is 14.7. The summed E-state index contributed by atoms with van der Waals surface area (Å²) < 4.78 is 40.0. The highest BCUT2D eigenvalue weighted by atomic mass is 32.2. The topological polar surface area (TPSA) is 84.0 Å². The Labute approximate surface area is 167 Å². The number of rotatable bonds is 6. The summed E-state index contributed by atoms with van der Waals surface area (Å²) in [5.41, 5.74) is -0.258. The van der Waals surface area contributed by atoms with Gasteiger partial charge in [-0.3, -0.25) is 9.59 Å². The molecule has 29 heavy (non-hydrogen) atoms. The second kappa shape index (κ2) is 9.20. The minimum atomic E-state index is -0.877. The summed E-state index contributed by atoms with van der Waals surface area (Å²) in [7, 11) is 0. The first-order valence-corrected chi connectivity index (χ1v) is 9.18. The lowest BCUT2D eigenvalue weighted by Crippen LogP contribution is -2.16. The summed E-state index contributed by atoms with van der Waals surface area (Å²) in [5.74, 6) is -3.44. The highest BCUT2D eigenvalue weighted by Gasteiger charge is 2.13. The number of anilines is 2. The summed E-state index contributed by atoms with van der Waals surface area (Å²) in [5, 5.41) is 12.8. The maximum atomic E-state index is 13.6. The van der Waals surface area contributed by atoms with Crippen molar-refractivity contribution in [3.63, 3.8) is 0 Å². The van der Waals surface area contributed by atoms with Crippen LogP contribution in [0.5, 0.6) is 0 Å². The van der Waals surface area contributed by atoms with E-state index in [0.29, 0.717) is 11.1 Å². The minimum Gasteiger partial charge on any atom is -0.323 e. The zero-order valence-corrected chi connectivity index (χ0v) is 15.5. The van der Waals surface area contributed by atoms with Crippen LogP contribution in [0.2, 0.25) is 0 Å². The van der Waals surface area contributed by atoms with E-state index in [2.05, 4.69) is 20.8 Å². The van der Waals surface area contributed by atoms with Gasteiger partial charge in [-0.05, 0) is 36.4 Å². The lowest BCUT2D eigenvalue weighted by molar-refractivity contribution is -0.113. The number of benzene rings is 2. The predicted octanol–water partition coefficient (Wildman–Crippen LogP) is 3.88. The molecule has 148 valence electrons. The first-order valence-electron chi connectivity index (χ1n) is 8.19. The number of thioether (sulfide) groups is 1. The molecule has 0 fully saturated rings. The first kappa shape index (κ1) is 20.3. The van der Waals surface area contributed by atoms with E-state index >= 15 is 0 Å².